The molecule has 0 N–H and O–H groups in total. The Labute approximate surface area is 106 Å². The maximum atomic E-state index is 11.7. The van der Waals surface area contributed by atoms with E-state index in [9.17, 15) is 4.79 Å². The van der Waals surface area contributed by atoms with Crippen molar-refractivity contribution in [3.63, 3.8) is 0 Å². The summed E-state index contributed by atoms with van der Waals surface area (Å²) in [5.74, 6) is 0.956. The number of allylic oxidation sites excluding steroid dienone is 1. The van der Waals surface area contributed by atoms with E-state index in [4.69, 9.17) is 9.47 Å². The summed E-state index contributed by atoms with van der Waals surface area (Å²) in [7, 11) is 1.66. The molecule has 1 unspecified atom stereocenters. The van der Waals surface area contributed by atoms with Crippen LogP contribution in [-0.4, -0.2) is 12.9 Å². The van der Waals surface area contributed by atoms with E-state index in [1.165, 1.54) is 11.6 Å². The van der Waals surface area contributed by atoms with Crippen molar-refractivity contribution in [2.24, 2.45) is 0 Å². The van der Waals surface area contributed by atoms with Crippen molar-refractivity contribution in [3.8, 4) is 5.75 Å². The van der Waals surface area contributed by atoms with Crippen molar-refractivity contribution in [2.45, 2.75) is 31.3 Å². The fourth-order valence-corrected chi connectivity index (χ4v) is 2.95. The van der Waals surface area contributed by atoms with Crippen LogP contribution in [0.4, 0.5) is 0 Å². The number of rotatable bonds is 1. The number of benzene rings is 1. The van der Waals surface area contributed by atoms with Gasteiger partial charge in [0.25, 0.3) is 0 Å². The van der Waals surface area contributed by atoms with Gasteiger partial charge < -0.3 is 9.47 Å². The SMILES string of the molecule is COc1ccc2c(c1)C1(CCC2)CC(=O)C=CO1. The molecule has 0 fully saturated rings. The van der Waals surface area contributed by atoms with E-state index in [-0.39, 0.29) is 5.78 Å². The molecule has 3 nitrogen and oxygen atoms in total. The summed E-state index contributed by atoms with van der Waals surface area (Å²) >= 11 is 0. The molecule has 0 saturated carbocycles. The lowest BCUT2D eigenvalue weighted by atomic mass is 9.75. The molecule has 1 aromatic carbocycles. The van der Waals surface area contributed by atoms with E-state index in [1.807, 2.05) is 12.1 Å². The smallest absolute Gasteiger partial charge is 0.163 e. The lowest BCUT2D eigenvalue weighted by Crippen LogP contribution is -2.36. The highest BCUT2D eigenvalue weighted by atomic mass is 16.5. The average Bonchev–Trinajstić information content (AvgIpc) is 2.39. The van der Waals surface area contributed by atoms with E-state index in [0.717, 1.165) is 30.6 Å². The van der Waals surface area contributed by atoms with Crippen LogP contribution in [0.25, 0.3) is 0 Å². The highest BCUT2D eigenvalue weighted by Gasteiger charge is 2.41. The molecule has 2 aliphatic rings. The predicted octanol–water partition coefficient (Wildman–Crippen LogP) is 2.73. The number of carbonyl (C=O) groups is 1. The van der Waals surface area contributed by atoms with Crippen molar-refractivity contribution in [3.05, 3.63) is 41.7 Å². The average molecular weight is 244 g/mol. The van der Waals surface area contributed by atoms with Crippen LogP contribution < -0.4 is 4.74 Å². The quantitative estimate of drug-likeness (QED) is 0.762. The molecule has 0 aromatic heterocycles. The van der Waals surface area contributed by atoms with E-state index in [2.05, 4.69) is 6.07 Å². The van der Waals surface area contributed by atoms with Crippen molar-refractivity contribution < 1.29 is 14.3 Å². The zero-order valence-electron chi connectivity index (χ0n) is 10.4. The first-order chi connectivity index (χ1) is 8.73. The van der Waals surface area contributed by atoms with Crippen molar-refractivity contribution in [1.29, 1.82) is 0 Å². The molecule has 1 heterocycles. The second kappa shape index (κ2) is 4.16. The van der Waals surface area contributed by atoms with Gasteiger partial charge in [0.15, 0.2) is 5.78 Å². The highest BCUT2D eigenvalue weighted by molar-refractivity contribution is 5.91. The van der Waals surface area contributed by atoms with Crippen LogP contribution in [0.3, 0.4) is 0 Å². The van der Waals surface area contributed by atoms with Crippen LogP contribution in [0.15, 0.2) is 30.5 Å². The third kappa shape index (κ3) is 1.70. The second-order valence-electron chi connectivity index (χ2n) is 4.93. The summed E-state index contributed by atoms with van der Waals surface area (Å²) in [6.45, 7) is 0. The standard InChI is InChI=1S/C15H16O3/c1-17-13-5-4-11-3-2-7-15(14(11)9-13)10-12(16)6-8-18-15/h4-6,8-9H,2-3,7,10H2,1H3. The van der Waals surface area contributed by atoms with Crippen LogP contribution in [0.5, 0.6) is 5.75 Å². The van der Waals surface area contributed by atoms with Crippen molar-refractivity contribution in [2.75, 3.05) is 7.11 Å². The minimum atomic E-state index is -0.464. The molecule has 0 bridgehead atoms. The number of ether oxygens (including phenoxy) is 2. The largest absolute Gasteiger partial charge is 0.497 e. The van der Waals surface area contributed by atoms with Gasteiger partial charge >= 0.3 is 0 Å². The third-order valence-electron chi connectivity index (χ3n) is 3.84. The Morgan fingerprint density at radius 2 is 2.28 bits per heavy atom. The maximum Gasteiger partial charge on any atom is 0.163 e. The minimum Gasteiger partial charge on any atom is -0.497 e. The molecule has 1 atom stereocenters. The summed E-state index contributed by atoms with van der Waals surface area (Å²) in [6, 6.07) is 6.07. The van der Waals surface area contributed by atoms with Gasteiger partial charge in [-0.15, -0.1) is 0 Å². The van der Waals surface area contributed by atoms with Gasteiger partial charge in [-0.2, -0.15) is 0 Å². The number of hydrogen-bond donors (Lipinski definition) is 0. The first-order valence-electron chi connectivity index (χ1n) is 6.28. The number of methoxy groups -OCH3 is 1. The molecule has 1 aromatic rings. The van der Waals surface area contributed by atoms with Gasteiger partial charge in [-0.05, 0) is 37.0 Å². The summed E-state index contributed by atoms with van der Waals surface area (Å²) in [5.41, 5.74) is 1.92. The summed E-state index contributed by atoms with van der Waals surface area (Å²) in [4.78, 5) is 11.7. The lowest BCUT2D eigenvalue weighted by molar-refractivity contribution is -0.124. The van der Waals surface area contributed by atoms with Crippen LogP contribution >= 0.6 is 0 Å². The van der Waals surface area contributed by atoms with Gasteiger partial charge in [0, 0.05) is 11.6 Å². The molecule has 3 heteroatoms. The Balaban J connectivity index is 2.10. The number of ketones is 1. The number of carbonyl (C=O) groups excluding carboxylic acids is 1. The van der Waals surface area contributed by atoms with Gasteiger partial charge in [0.1, 0.15) is 11.4 Å². The molecule has 0 amide bonds. The number of hydrogen-bond acceptors (Lipinski definition) is 3. The van der Waals surface area contributed by atoms with Gasteiger partial charge in [0.05, 0.1) is 19.8 Å². The van der Waals surface area contributed by atoms with E-state index in [1.54, 1.807) is 13.4 Å². The molecule has 18 heavy (non-hydrogen) atoms. The van der Waals surface area contributed by atoms with Gasteiger partial charge in [-0.1, -0.05) is 6.07 Å². The molecule has 0 saturated heterocycles. The first kappa shape index (κ1) is 11.3. The fraction of sp³-hybridized carbons (Fsp3) is 0.400. The normalized spacial score (nSPS) is 25.7. The van der Waals surface area contributed by atoms with E-state index in [0.29, 0.717) is 6.42 Å². The predicted molar refractivity (Wildman–Crippen MR) is 67.5 cm³/mol. The van der Waals surface area contributed by atoms with Gasteiger partial charge in [-0.25, -0.2) is 0 Å². The lowest BCUT2D eigenvalue weighted by Gasteiger charge is -2.39. The van der Waals surface area contributed by atoms with Crippen LogP contribution in [-0.2, 0) is 21.6 Å². The molecule has 1 aliphatic heterocycles. The van der Waals surface area contributed by atoms with Crippen LogP contribution in [0, 0.1) is 0 Å². The first-order valence-corrected chi connectivity index (χ1v) is 6.28. The molecular weight excluding hydrogens is 228 g/mol. The maximum absolute atomic E-state index is 11.7. The topological polar surface area (TPSA) is 35.5 Å². The molecular formula is C15H16O3. The van der Waals surface area contributed by atoms with Gasteiger partial charge in [-0.3, -0.25) is 4.79 Å². The fourth-order valence-electron chi connectivity index (χ4n) is 2.95. The zero-order chi connectivity index (χ0) is 12.6. The van der Waals surface area contributed by atoms with Crippen LogP contribution in [0.1, 0.15) is 30.4 Å². The minimum absolute atomic E-state index is 0.136. The number of aryl methyl sites for hydroxylation is 1. The Bertz CT molecular complexity index is 518. The zero-order valence-corrected chi connectivity index (χ0v) is 10.4. The molecule has 3 rings (SSSR count). The Morgan fingerprint density at radius 1 is 1.39 bits per heavy atom. The van der Waals surface area contributed by atoms with Gasteiger partial charge in [0.2, 0.25) is 0 Å². The Hall–Kier alpha value is -1.77. The summed E-state index contributed by atoms with van der Waals surface area (Å²) < 4.78 is 11.1. The monoisotopic (exact) mass is 244 g/mol. The highest BCUT2D eigenvalue weighted by Crippen LogP contribution is 2.44. The summed E-state index contributed by atoms with van der Waals surface area (Å²) in [5, 5.41) is 0. The molecule has 1 spiro atoms. The Kier molecular flexibility index (Phi) is 2.62. The molecule has 94 valence electrons. The summed E-state index contributed by atoms with van der Waals surface area (Å²) in [6.07, 6.45) is 6.48. The number of fused-ring (bicyclic) bond motifs is 2. The van der Waals surface area contributed by atoms with Crippen molar-refractivity contribution >= 4 is 5.78 Å². The van der Waals surface area contributed by atoms with E-state index < -0.39 is 5.60 Å². The molecule has 1 aliphatic carbocycles. The van der Waals surface area contributed by atoms with Crippen molar-refractivity contribution in [1.82, 2.24) is 0 Å². The second-order valence-corrected chi connectivity index (χ2v) is 4.93. The molecule has 0 radical (unpaired) electrons. The third-order valence-corrected chi connectivity index (χ3v) is 3.84. The Morgan fingerprint density at radius 3 is 3.06 bits per heavy atom. The van der Waals surface area contributed by atoms with Crippen LogP contribution in [0.2, 0.25) is 0 Å². The van der Waals surface area contributed by atoms with E-state index >= 15 is 0 Å².